The average Bonchev–Trinajstić information content (AvgIpc) is 2.30. The highest BCUT2D eigenvalue weighted by Gasteiger charge is 2.12. The molecule has 0 heterocycles. The van der Waals surface area contributed by atoms with E-state index in [0.29, 0.717) is 5.56 Å². The van der Waals surface area contributed by atoms with Gasteiger partial charge in [-0.2, -0.15) is 0 Å². The molecule has 0 amide bonds. The number of hydrogen-bond donors (Lipinski definition) is 1. The summed E-state index contributed by atoms with van der Waals surface area (Å²) in [5, 5.41) is 9.24. The summed E-state index contributed by atoms with van der Waals surface area (Å²) in [5.74, 6) is -0.882. The maximum Gasteiger partial charge on any atom is 0.336 e. The van der Waals surface area contributed by atoms with Gasteiger partial charge in [0.15, 0.2) is 0 Å². The first kappa shape index (κ1) is 11.4. The standard InChI is InChI=1S/C15H14O2/c1-10-7-8-13(14(9-10)15(16)17)12-6-4-3-5-11(12)2/h3-9H,1-2H3,(H,16,17). The molecule has 0 spiro atoms. The van der Waals surface area contributed by atoms with Gasteiger partial charge in [-0.05, 0) is 36.6 Å². The Labute approximate surface area is 101 Å². The van der Waals surface area contributed by atoms with E-state index in [4.69, 9.17) is 0 Å². The third-order valence-electron chi connectivity index (χ3n) is 2.84. The van der Waals surface area contributed by atoms with Gasteiger partial charge < -0.3 is 5.11 Å². The molecule has 17 heavy (non-hydrogen) atoms. The Bertz CT molecular complexity index is 571. The second-order valence-electron chi connectivity index (χ2n) is 4.17. The zero-order valence-electron chi connectivity index (χ0n) is 9.90. The van der Waals surface area contributed by atoms with Gasteiger partial charge >= 0.3 is 5.97 Å². The first-order valence-electron chi connectivity index (χ1n) is 5.49. The summed E-state index contributed by atoms with van der Waals surface area (Å²) in [7, 11) is 0. The number of rotatable bonds is 2. The molecule has 0 aliphatic rings. The summed E-state index contributed by atoms with van der Waals surface area (Å²) < 4.78 is 0. The van der Waals surface area contributed by atoms with E-state index in [2.05, 4.69) is 0 Å². The van der Waals surface area contributed by atoms with Crippen LogP contribution in [0.3, 0.4) is 0 Å². The first-order valence-corrected chi connectivity index (χ1v) is 5.49. The fourth-order valence-corrected chi connectivity index (χ4v) is 1.94. The Morgan fingerprint density at radius 2 is 1.71 bits per heavy atom. The molecule has 1 N–H and O–H groups in total. The predicted octanol–water partition coefficient (Wildman–Crippen LogP) is 3.67. The van der Waals surface area contributed by atoms with E-state index >= 15 is 0 Å². The maximum atomic E-state index is 11.3. The van der Waals surface area contributed by atoms with Crippen molar-refractivity contribution in [2.75, 3.05) is 0 Å². The summed E-state index contributed by atoms with van der Waals surface area (Å²) in [6, 6.07) is 13.3. The lowest BCUT2D eigenvalue weighted by atomic mass is 9.95. The topological polar surface area (TPSA) is 37.3 Å². The van der Waals surface area contributed by atoms with Gasteiger partial charge in [0, 0.05) is 0 Å². The molecule has 0 radical (unpaired) electrons. The molecule has 0 unspecified atom stereocenters. The van der Waals surface area contributed by atoms with Crippen LogP contribution in [-0.2, 0) is 0 Å². The van der Waals surface area contributed by atoms with Crippen molar-refractivity contribution >= 4 is 5.97 Å². The van der Waals surface area contributed by atoms with Gasteiger partial charge in [0.25, 0.3) is 0 Å². The molecule has 2 aromatic rings. The molecule has 0 fully saturated rings. The number of carboxylic acids is 1. The Balaban J connectivity index is 2.68. The zero-order valence-corrected chi connectivity index (χ0v) is 9.90. The van der Waals surface area contributed by atoms with Gasteiger partial charge in [0.1, 0.15) is 0 Å². The predicted molar refractivity (Wildman–Crippen MR) is 68.3 cm³/mol. The number of aryl methyl sites for hydroxylation is 2. The van der Waals surface area contributed by atoms with E-state index < -0.39 is 5.97 Å². The number of carboxylic acid groups (broad SMARTS) is 1. The molecule has 0 aliphatic heterocycles. The van der Waals surface area contributed by atoms with Crippen molar-refractivity contribution in [2.45, 2.75) is 13.8 Å². The first-order chi connectivity index (χ1) is 8.09. The molecule has 0 atom stereocenters. The number of benzene rings is 2. The minimum atomic E-state index is -0.882. The van der Waals surface area contributed by atoms with Crippen LogP contribution in [0.1, 0.15) is 21.5 Å². The summed E-state index contributed by atoms with van der Waals surface area (Å²) in [6.07, 6.45) is 0. The van der Waals surface area contributed by atoms with Crippen LogP contribution in [0.5, 0.6) is 0 Å². The second kappa shape index (κ2) is 4.42. The number of carbonyl (C=O) groups is 1. The molecular weight excluding hydrogens is 212 g/mol. The highest BCUT2D eigenvalue weighted by molar-refractivity contribution is 5.96. The second-order valence-corrected chi connectivity index (χ2v) is 4.17. The fourth-order valence-electron chi connectivity index (χ4n) is 1.94. The van der Waals surface area contributed by atoms with E-state index in [1.165, 1.54) is 0 Å². The fraction of sp³-hybridized carbons (Fsp3) is 0.133. The Morgan fingerprint density at radius 1 is 1.00 bits per heavy atom. The van der Waals surface area contributed by atoms with Gasteiger partial charge in [-0.25, -0.2) is 4.79 Å². The molecular formula is C15H14O2. The van der Waals surface area contributed by atoms with Crippen LogP contribution in [0.15, 0.2) is 42.5 Å². The number of aromatic carboxylic acids is 1. The van der Waals surface area contributed by atoms with E-state index in [9.17, 15) is 9.90 Å². The third-order valence-corrected chi connectivity index (χ3v) is 2.84. The molecule has 0 saturated heterocycles. The summed E-state index contributed by atoms with van der Waals surface area (Å²) in [4.78, 5) is 11.3. The van der Waals surface area contributed by atoms with Crippen molar-refractivity contribution in [3.8, 4) is 11.1 Å². The van der Waals surface area contributed by atoms with Crippen LogP contribution >= 0.6 is 0 Å². The average molecular weight is 226 g/mol. The summed E-state index contributed by atoms with van der Waals surface area (Å²) >= 11 is 0. The monoisotopic (exact) mass is 226 g/mol. The van der Waals surface area contributed by atoms with Crippen molar-refractivity contribution in [1.82, 2.24) is 0 Å². The molecule has 0 aromatic heterocycles. The van der Waals surface area contributed by atoms with E-state index in [1.54, 1.807) is 6.07 Å². The molecule has 2 heteroatoms. The SMILES string of the molecule is Cc1ccc(-c2ccccc2C)c(C(=O)O)c1. The minimum Gasteiger partial charge on any atom is -0.478 e. The molecule has 86 valence electrons. The van der Waals surface area contributed by atoms with Crippen molar-refractivity contribution in [3.63, 3.8) is 0 Å². The molecule has 0 bridgehead atoms. The molecule has 2 aromatic carbocycles. The zero-order chi connectivity index (χ0) is 12.4. The van der Waals surface area contributed by atoms with Crippen molar-refractivity contribution in [2.24, 2.45) is 0 Å². The van der Waals surface area contributed by atoms with E-state index in [1.807, 2.05) is 50.2 Å². The lowest BCUT2D eigenvalue weighted by molar-refractivity contribution is 0.0697. The van der Waals surface area contributed by atoms with Crippen LogP contribution in [-0.4, -0.2) is 11.1 Å². The van der Waals surface area contributed by atoms with Crippen molar-refractivity contribution in [3.05, 3.63) is 59.2 Å². The van der Waals surface area contributed by atoms with E-state index in [0.717, 1.165) is 22.3 Å². The Hall–Kier alpha value is -2.09. The molecule has 2 rings (SSSR count). The van der Waals surface area contributed by atoms with Crippen molar-refractivity contribution in [1.29, 1.82) is 0 Å². The Kier molecular flexibility index (Phi) is 2.96. The van der Waals surface area contributed by atoms with Gasteiger partial charge in [-0.15, -0.1) is 0 Å². The molecule has 0 aliphatic carbocycles. The molecule has 0 saturated carbocycles. The van der Waals surface area contributed by atoms with Crippen LogP contribution in [0.2, 0.25) is 0 Å². The smallest absolute Gasteiger partial charge is 0.336 e. The van der Waals surface area contributed by atoms with Gasteiger partial charge in [-0.3, -0.25) is 0 Å². The van der Waals surface area contributed by atoms with Gasteiger partial charge in [0.05, 0.1) is 5.56 Å². The quantitative estimate of drug-likeness (QED) is 0.848. The lowest BCUT2D eigenvalue weighted by Gasteiger charge is -2.10. The van der Waals surface area contributed by atoms with Crippen LogP contribution in [0, 0.1) is 13.8 Å². The van der Waals surface area contributed by atoms with Crippen LogP contribution in [0.25, 0.3) is 11.1 Å². The van der Waals surface area contributed by atoms with Crippen molar-refractivity contribution < 1.29 is 9.90 Å². The summed E-state index contributed by atoms with van der Waals surface area (Å²) in [5.41, 5.74) is 4.16. The van der Waals surface area contributed by atoms with Crippen LogP contribution < -0.4 is 0 Å². The normalized spacial score (nSPS) is 10.2. The highest BCUT2D eigenvalue weighted by Crippen LogP contribution is 2.27. The summed E-state index contributed by atoms with van der Waals surface area (Å²) in [6.45, 7) is 3.88. The maximum absolute atomic E-state index is 11.3. The minimum absolute atomic E-state index is 0.360. The largest absolute Gasteiger partial charge is 0.478 e. The third kappa shape index (κ3) is 2.21. The lowest BCUT2D eigenvalue weighted by Crippen LogP contribution is -2.00. The Morgan fingerprint density at radius 3 is 2.35 bits per heavy atom. The molecule has 2 nitrogen and oxygen atoms in total. The highest BCUT2D eigenvalue weighted by atomic mass is 16.4. The number of hydrogen-bond acceptors (Lipinski definition) is 1. The van der Waals surface area contributed by atoms with Gasteiger partial charge in [0.2, 0.25) is 0 Å². The van der Waals surface area contributed by atoms with Crippen LogP contribution in [0.4, 0.5) is 0 Å². The van der Waals surface area contributed by atoms with Gasteiger partial charge in [-0.1, -0.05) is 42.0 Å². The van der Waals surface area contributed by atoms with E-state index in [-0.39, 0.29) is 0 Å².